The lowest BCUT2D eigenvalue weighted by Crippen LogP contribution is -2.16. The molecule has 0 bridgehead atoms. The van der Waals surface area contributed by atoms with Gasteiger partial charge in [0.2, 0.25) is 5.88 Å². The number of pyridine rings is 2. The largest absolute Gasteiger partial charge is 0.439 e. The molecule has 0 aliphatic heterocycles. The summed E-state index contributed by atoms with van der Waals surface area (Å²) in [5.41, 5.74) is 12.1. The van der Waals surface area contributed by atoms with Crippen molar-refractivity contribution in [1.29, 1.82) is 0 Å². The number of hydrogen-bond donors (Lipinski definition) is 1. The average molecular weight is 658 g/mol. The van der Waals surface area contributed by atoms with E-state index in [0.717, 1.165) is 50.4 Å². The molecule has 0 aliphatic carbocycles. The SMILES string of the molecule is CC(C)(C)c1cc(Oc2ccccn2)cc(-c2cc(-c3cc(C(C)(C)C)cc(C(C)(C)C)c3)cc(-c3cccc4c3[nH]c3ccccc34)n2)c1. The number of fused-ring (bicyclic) bond motifs is 3. The van der Waals surface area contributed by atoms with Gasteiger partial charge in [0.25, 0.3) is 0 Å². The zero-order valence-corrected chi connectivity index (χ0v) is 30.8. The number of ether oxygens (including phenoxy) is 1. The highest BCUT2D eigenvalue weighted by Crippen LogP contribution is 2.40. The van der Waals surface area contributed by atoms with Crippen molar-refractivity contribution in [3.63, 3.8) is 0 Å². The average Bonchev–Trinajstić information content (AvgIpc) is 3.46. The second-order valence-corrected chi connectivity index (χ2v) is 16.6. The number of para-hydroxylation sites is 2. The lowest BCUT2D eigenvalue weighted by molar-refractivity contribution is 0.460. The number of nitrogens with one attached hydrogen (secondary N) is 1. The predicted molar refractivity (Wildman–Crippen MR) is 210 cm³/mol. The van der Waals surface area contributed by atoms with Gasteiger partial charge in [-0.05, 0) is 86.5 Å². The first-order chi connectivity index (χ1) is 23.6. The summed E-state index contributed by atoms with van der Waals surface area (Å²) in [4.78, 5) is 13.6. The van der Waals surface area contributed by atoms with Crippen LogP contribution in [-0.2, 0) is 16.2 Å². The molecule has 0 unspecified atom stereocenters. The number of benzene rings is 4. The summed E-state index contributed by atoms with van der Waals surface area (Å²) in [5, 5.41) is 2.40. The Hall–Kier alpha value is -5.22. The van der Waals surface area contributed by atoms with Gasteiger partial charge in [0.1, 0.15) is 5.75 Å². The molecule has 0 fully saturated rings. The van der Waals surface area contributed by atoms with Crippen LogP contribution in [-0.4, -0.2) is 15.0 Å². The van der Waals surface area contributed by atoms with E-state index in [0.29, 0.717) is 5.88 Å². The first-order valence-electron chi connectivity index (χ1n) is 17.6. The van der Waals surface area contributed by atoms with E-state index in [-0.39, 0.29) is 16.2 Å². The van der Waals surface area contributed by atoms with E-state index in [2.05, 4.69) is 163 Å². The fraction of sp³-hybridized carbons (Fsp3) is 0.261. The quantitative estimate of drug-likeness (QED) is 0.200. The second-order valence-electron chi connectivity index (χ2n) is 16.6. The van der Waals surface area contributed by atoms with Crippen LogP contribution in [0.15, 0.2) is 115 Å². The van der Waals surface area contributed by atoms with Gasteiger partial charge in [0.05, 0.1) is 16.9 Å². The van der Waals surface area contributed by atoms with E-state index in [4.69, 9.17) is 9.72 Å². The highest BCUT2D eigenvalue weighted by Gasteiger charge is 2.23. The first-order valence-corrected chi connectivity index (χ1v) is 17.6. The van der Waals surface area contributed by atoms with Crippen molar-refractivity contribution in [2.75, 3.05) is 0 Å². The Morgan fingerprint density at radius 2 is 1.12 bits per heavy atom. The van der Waals surface area contributed by atoms with Crippen LogP contribution in [0.3, 0.4) is 0 Å². The summed E-state index contributed by atoms with van der Waals surface area (Å²) in [6, 6.07) is 38.8. The van der Waals surface area contributed by atoms with Gasteiger partial charge >= 0.3 is 0 Å². The molecule has 252 valence electrons. The molecule has 0 radical (unpaired) electrons. The molecule has 0 saturated heterocycles. The van der Waals surface area contributed by atoms with Gasteiger partial charge in [-0.1, -0.05) is 123 Å². The number of nitrogens with zero attached hydrogens (tertiary/aromatic N) is 2. The van der Waals surface area contributed by atoms with Crippen molar-refractivity contribution >= 4 is 21.8 Å². The van der Waals surface area contributed by atoms with E-state index < -0.39 is 0 Å². The molecule has 7 rings (SSSR count). The molecular weight excluding hydrogens is 611 g/mol. The summed E-state index contributed by atoms with van der Waals surface area (Å²) in [6.07, 6.45) is 1.75. The Morgan fingerprint density at radius 3 is 1.80 bits per heavy atom. The molecule has 0 atom stereocenters. The fourth-order valence-electron chi connectivity index (χ4n) is 6.50. The topological polar surface area (TPSA) is 50.8 Å². The van der Waals surface area contributed by atoms with Gasteiger partial charge in [-0.3, -0.25) is 0 Å². The highest BCUT2D eigenvalue weighted by atomic mass is 16.5. The maximum absolute atomic E-state index is 6.36. The third-order valence-corrected chi connectivity index (χ3v) is 9.57. The van der Waals surface area contributed by atoms with Gasteiger partial charge in [-0.25, -0.2) is 9.97 Å². The molecule has 4 nitrogen and oxygen atoms in total. The molecule has 0 spiro atoms. The normalized spacial score (nSPS) is 12.5. The van der Waals surface area contributed by atoms with Crippen molar-refractivity contribution in [1.82, 2.24) is 15.0 Å². The summed E-state index contributed by atoms with van der Waals surface area (Å²) >= 11 is 0. The van der Waals surface area contributed by atoms with E-state index in [9.17, 15) is 0 Å². The molecule has 4 aromatic carbocycles. The standard InChI is InChI=1S/C46H47N3O/c1-44(2,3)32-21-29(22-33(27-32)45(4,5)6)30-25-40(31-23-34(46(7,8)9)28-35(24-31)50-42-19-12-13-20-47-42)48-41(26-30)38-17-14-16-37-36-15-10-11-18-39(36)49-43(37)38/h10-28,49H,1-9H3. The van der Waals surface area contributed by atoms with Crippen LogP contribution in [0.25, 0.3) is 55.4 Å². The van der Waals surface area contributed by atoms with Crippen molar-refractivity contribution in [3.05, 3.63) is 132 Å². The molecule has 3 aromatic heterocycles. The van der Waals surface area contributed by atoms with Gasteiger partial charge in [0.15, 0.2) is 0 Å². The van der Waals surface area contributed by atoms with Crippen molar-refractivity contribution in [2.45, 2.75) is 78.6 Å². The Morgan fingerprint density at radius 1 is 0.520 bits per heavy atom. The van der Waals surface area contributed by atoms with Crippen LogP contribution in [0, 0.1) is 0 Å². The van der Waals surface area contributed by atoms with E-state index >= 15 is 0 Å². The molecule has 7 aromatic rings. The monoisotopic (exact) mass is 657 g/mol. The molecule has 0 saturated carbocycles. The van der Waals surface area contributed by atoms with Crippen molar-refractivity contribution in [2.24, 2.45) is 0 Å². The molecule has 50 heavy (non-hydrogen) atoms. The Balaban J connectivity index is 1.50. The summed E-state index contributed by atoms with van der Waals surface area (Å²) in [7, 11) is 0. The van der Waals surface area contributed by atoms with E-state index in [1.165, 1.54) is 27.5 Å². The Labute approximate surface area is 296 Å². The number of aromatic amines is 1. The van der Waals surface area contributed by atoms with Crippen LogP contribution < -0.4 is 4.74 Å². The van der Waals surface area contributed by atoms with Crippen LogP contribution >= 0.6 is 0 Å². The van der Waals surface area contributed by atoms with Crippen molar-refractivity contribution < 1.29 is 4.74 Å². The number of hydrogen-bond acceptors (Lipinski definition) is 3. The van der Waals surface area contributed by atoms with Gasteiger partial charge < -0.3 is 9.72 Å². The summed E-state index contributed by atoms with van der Waals surface area (Å²) in [5.74, 6) is 1.30. The van der Waals surface area contributed by atoms with Gasteiger partial charge in [-0.15, -0.1) is 0 Å². The minimum absolute atomic E-state index is 0.0105. The smallest absolute Gasteiger partial charge is 0.219 e. The van der Waals surface area contributed by atoms with E-state index in [1.54, 1.807) is 6.20 Å². The fourth-order valence-corrected chi connectivity index (χ4v) is 6.50. The lowest BCUT2D eigenvalue weighted by atomic mass is 9.79. The Kier molecular flexibility index (Phi) is 8.17. The highest BCUT2D eigenvalue weighted by molar-refractivity contribution is 6.11. The molecular formula is C46H47N3O. The third-order valence-electron chi connectivity index (χ3n) is 9.57. The maximum atomic E-state index is 6.36. The van der Waals surface area contributed by atoms with Crippen LogP contribution in [0.5, 0.6) is 11.6 Å². The minimum atomic E-state index is -0.114. The number of aromatic nitrogens is 3. The molecule has 3 heterocycles. The zero-order chi connectivity index (χ0) is 35.4. The molecule has 4 heteroatoms. The predicted octanol–water partition coefficient (Wildman–Crippen LogP) is 12.8. The maximum Gasteiger partial charge on any atom is 0.219 e. The third kappa shape index (κ3) is 6.67. The van der Waals surface area contributed by atoms with Crippen LogP contribution in [0.1, 0.15) is 79.0 Å². The number of H-pyrrole nitrogens is 1. The minimum Gasteiger partial charge on any atom is -0.439 e. The molecule has 0 aliphatic rings. The first kappa shape index (κ1) is 33.3. The summed E-state index contributed by atoms with van der Waals surface area (Å²) in [6.45, 7) is 20.4. The molecule has 0 amide bonds. The van der Waals surface area contributed by atoms with Gasteiger partial charge in [0, 0.05) is 39.7 Å². The lowest BCUT2D eigenvalue weighted by Gasteiger charge is -2.26. The Bertz CT molecular complexity index is 2310. The number of rotatable bonds is 5. The zero-order valence-electron chi connectivity index (χ0n) is 30.8. The molecule has 1 N–H and O–H groups in total. The van der Waals surface area contributed by atoms with Crippen molar-refractivity contribution in [3.8, 4) is 45.3 Å². The van der Waals surface area contributed by atoms with E-state index in [1.807, 2.05) is 18.2 Å². The van der Waals surface area contributed by atoms with Crippen LogP contribution in [0.2, 0.25) is 0 Å². The van der Waals surface area contributed by atoms with Crippen LogP contribution in [0.4, 0.5) is 0 Å². The van der Waals surface area contributed by atoms with Gasteiger partial charge in [-0.2, -0.15) is 0 Å². The second kappa shape index (κ2) is 12.3. The summed E-state index contributed by atoms with van der Waals surface area (Å²) < 4.78 is 6.36.